The topological polar surface area (TPSA) is 98.5 Å². The van der Waals surface area contributed by atoms with Crippen molar-refractivity contribution in [3.8, 4) is 0 Å². The first-order chi connectivity index (χ1) is 10.4. The van der Waals surface area contributed by atoms with Gasteiger partial charge in [-0.3, -0.25) is 9.59 Å². The Hall–Kier alpha value is -2.19. The summed E-state index contributed by atoms with van der Waals surface area (Å²) in [5, 5.41) is 6.30. The molecule has 2 rings (SSSR count). The highest BCUT2D eigenvalue weighted by molar-refractivity contribution is 7.14. The summed E-state index contributed by atoms with van der Waals surface area (Å²) in [7, 11) is 0. The largest absolute Gasteiger partial charge is 0.448 e. The molecule has 2 heterocycles. The highest BCUT2D eigenvalue weighted by Crippen LogP contribution is 2.23. The number of ether oxygens (including phenoxy) is 1. The molecule has 0 spiro atoms. The number of esters is 1. The van der Waals surface area contributed by atoms with Crippen LogP contribution in [0, 0.1) is 6.92 Å². The van der Waals surface area contributed by atoms with Crippen molar-refractivity contribution >= 4 is 45.5 Å². The first-order valence-corrected chi connectivity index (χ1v) is 8.09. The summed E-state index contributed by atoms with van der Waals surface area (Å²) in [6.45, 7) is 3.26. The maximum Gasteiger partial charge on any atom is 0.349 e. The molecule has 0 aliphatic rings. The molecule has 1 atom stereocenters. The molecule has 2 aromatic rings. The second kappa shape index (κ2) is 6.71. The molecule has 0 aliphatic heterocycles. The Bertz CT molecular complexity index is 720. The van der Waals surface area contributed by atoms with Crippen molar-refractivity contribution in [2.45, 2.75) is 20.0 Å². The van der Waals surface area contributed by atoms with Gasteiger partial charge in [-0.15, -0.1) is 22.7 Å². The average Bonchev–Trinajstić information content (AvgIpc) is 3.07. The van der Waals surface area contributed by atoms with Gasteiger partial charge in [0.05, 0.1) is 5.56 Å². The summed E-state index contributed by atoms with van der Waals surface area (Å²) < 4.78 is 5.13. The molecule has 22 heavy (non-hydrogen) atoms. The summed E-state index contributed by atoms with van der Waals surface area (Å²) in [5.41, 5.74) is 6.24. The van der Waals surface area contributed by atoms with Crippen molar-refractivity contribution in [3.05, 3.63) is 38.9 Å². The molecule has 2 aromatic heterocycles. The van der Waals surface area contributed by atoms with Crippen LogP contribution in [0.25, 0.3) is 0 Å². The molecular weight excluding hydrogens is 324 g/mol. The minimum absolute atomic E-state index is 0.228. The third-order valence-corrected chi connectivity index (χ3v) is 4.69. The number of anilines is 1. The fourth-order valence-corrected chi connectivity index (χ4v) is 3.26. The van der Waals surface area contributed by atoms with Gasteiger partial charge in [0, 0.05) is 0 Å². The number of nitrogens with one attached hydrogen (secondary N) is 1. The van der Waals surface area contributed by atoms with E-state index in [0.717, 1.165) is 5.56 Å². The van der Waals surface area contributed by atoms with Crippen LogP contribution >= 0.6 is 22.7 Å². The van der Waals surface area contributed by atoms with E-state index in [-0.39, 0.29) is 5.56 Å². The van der Waals surface area contributed by atoms with Gasteiger partial charge >= 0.3 is 5.97 Å². The zero-order valence-corrected chi connectivity index (χ0v) is 13.5. The number of hydrogen-bond acceptors (Lipinski definition) is 6. The summed E-state index contributed by atoms with van der Waals surface area (Å²) in [5.74, 6) is -1.70. The van der Waals surface area contributed by atoms with Crippen LogP contribution in [-0.2, 0) is 9.53 Å². The van der Waals surface area contributed by atoms with Crippen molar-refractivity contribution < 1.29 is 19.1 Å². The standard InChI is InChI=1S/C14H14N2O4S2/c1-7-3-5-21-10(7)14(19)20-8(2)12(18)16-13-9(11(15)17)4-6-22-13/h3-6,8H,1-2H3,(H2,15,17)(H,16,18)/t8-/m1/s1. The molecule has 0 aromatic carbocycles. The van der Waals surface area contributed by atoms with Crippen LogP contribution in [0.3, 0.4) is 0 Å². The Morgan fingerprint density at radius 3 is 2.50 bits per heavy atom. The van der Waals surface area contributed by atoms with Crippen molar-refractivity contribution in [1.29, 1.82) is 0 Å². The molecule has 0 saturated carbocycles. The van der Waals surface area contributed by atoms with E-state index < -0.39 is 23.9 Å². The molecule has 0 fully saturated rings. The third kappa shape index (κ3) is 3.52. The first kappa shape index (κ1) is 16.2. The summed E-state index contributed by atoms with van der Waals surface area (Å²) in [4.78, 5) is 35.7. The predicted octanol–water partition coefficient (Wildman–Crippen LogP) is 2.40. The normalized spacial score (nSPS) is 11.7. The highest BCUT2D eigenvalue weighted by atomic mass is 32.1. The monoisotopic (exact) mass is 338 g/mol. The molecule has 0 unspecified atom stereocenters. The van der Waals surface area contributed by atoms with Crippen molar-refractivity contribution in [2.75, 3.05) is 5.32 Å². The van der Waals surface area contributed by atoms with Crippen LogP contribution in [0.15, 0.2) is 22.9 Å². The van der Waals surface area contributed by atoms with Crippen LogP contribution in [0.1, 0.15) is 32.5 Å². The number of primary amides is 1. The number of amides is 2. The molecule has 6 nitrogen and oxygen atoms in total. The van der Waals surface area contributed by atoms with E-state index in [9.17, 15) is 14.4 Å². The van der Waals surface area contributed by atoms with Crippen LogP contribution in [0.4, 0.5) is 5.00 Å². The van der Waals surface area contributed by atoms with Gasteiger partial charge in [0.25, 0.3) is 11.8 Å². The van der Waals surface area contributed by atoms with Gasteiger partial charge in [0.15, 0.2) is 6.10 Å². The van der Waals surface area contributed by atoms with Crippen molar-refractivity contribution in [1.82, 2.24) is 0 Å². The number of carbonyl (C=O) groups excluding carboxylic acids is 3. The number of hydrogen-bond donors (Lipinski definition) is 2. The highest BCUT2D eigenvalue weighted by Gasteiger charge is 2.22. The number of rotatable bonds is 5. The van der Waals surface area contributed by atoms with E-state index in [1.807, 2.05) is 0 Å². The second-order valence-electron chi connectivity index (χ2n) is 4.50. The van der Waals surface area contributed by atoms with E-state index in [0.29, 0.717) is 9.88 Å². The SMILES string of the molecule is Cc1ccsc1C(=O)O[C@H](C)C(=O)Nc1sccc1C(N)=O. The van der Waals surface area contributed by atoms with E-state index in [1.165, 1.54) is 35.7 Å². The van der Waals surface area contributed by atoms with Crippen molar-refractivity contribution in [3.63, 3.8) is 0 Å². The van der Waals surface area contributed by atoms with Gasteiger partial charge in [0.1, 0.15) is 9.88 Å². The quantitative estimate of drug-likeness (QED) is 0.818. The minimum Gasteiger partial charge on any atom is -0.448 e. The van der Waals surface area contributed by atoms with Crippen LogP contribution < -0.4 is 11.1 Å². The molecule has 0 saturated heterocycles. The van der Waals surface area contributed by atoms with Gasteiger partial charge in [-0.25, -0.2) is 4.79 Å². The Kier molecular flexibility index (Phi) is 4.94. The van der Waals surface area contributed by atoms with Crippen LogP contribution in [0.2, 0.25) is 0 Å². The number of nitrogens with two attached hydrogens (primary N) is 1. The smallest absolute Gasteiger partial charge is 0.349 e. The molecule has 0 radical (unpaired) electrons. The molecule has 8 heteroatoms. The van der Waals surface area contributed by atoms with Gasteiger partial charge < -0.3 is 15.8 Å². The zero-order chi connectivity index (χ0) is 16.3. The fraction of sp³-hybridized carbons (Fsp3) is 0.214. The van der Waals surface area contributed by atoms with Crippen molar-refractivity contribution in [2.24, 2.45) is 5.73 Å². The minimum atomic E-state index is -0.989. The fourth-order valence-electron chi connectivity index (χ4n) is 1.66. The summed E-state index contributed by atoms with van der Waals surface area (Å²) in [6, 6.07) is 3.32. The Balaban J connectivity index is 2.01. The maximum absolute atomic E-state index is 12.0. The first-order valence-electron chi connectivity index (χ1n) is 6.33. The van der Waals surface area contributed by atoms with E-state index in [2.05, 4.69) is 5.32 Å². The molecular formula is C14H14N2O4S2. The molecule has 116 valence electrons. The van der Waals surface area contributed by atoms with Gasteiger partial charge in [-0.2, -0.15) is 0 Å². The zero-order valence-electron chi connectivity index (χ0n) is 11.9. The average molecular weight is 338 g/mol. The van der Waals surface area contributed by atoms with Gasteiger partial charge in [0.2, 0.25) is 0 Å². The van der Waals surface area contributed by atoms with E-state index >= 15 is 0 Å². The lowest BCUT2D eigenvalue weighted by atomic mass is 10.3. The number of carbonyl (C=O) groups is 3. The predicted molar refractivity (Wildman–Crippen MR) is 85.4 cm³/mol. The lowest BCUT2D eigenvalue weighted by Gasteiger charge is -2.13. The lowest BCUT2D eigenvalue weighted by Crippen LogP contribution is -2.30. The Labute approximate surface area is 134 Å². The number of aryl methyl sites for hydroxylation is 1. The number of thiophene rings is 2. The van der Waals surface area contributed by atoms with E-state index in [4.69, 9.17) is 10.5 Å². The van der Waals surface area contributed by atoms with Gasteiger partial charge in [-0.1, -0.05) is 0 Å². The Morgan fingerprint density at radius 1 is 1.23 bits per heavy atom. The second-order valence-corrected chi connectivity index (χ2v) is 6.33. The van der Waals surface area contributed by atoms with Crippen LogP contribution in [0.5, 0.6) is 0 Å². The summed E-state index contributed by atoms with van der Waals surface area (Å²) >= 11 is 2.43. The van der Waals surface area contributed by atoms with Gasteiger partial charge in [-0.05, 0) is 42.3 Å². The lowest BCUT2D eigenvalue weighted by molar-refractivity contribution is -0.123. The van der Waals surface area contributed by atoms with E-state index in [1.54, 1.807) is 23.8 Å². The van der Waals surface area contributed by atoms with Crippen LogP contribution in [-0.4, -0.2) is 23.9 Å². The molecule has 3 N–H and O–H groups in total. The molecule has 0 aliphatic carbocycles. The maximum atomic E-state index is 12.0. The third-order valence-electron chi connectivity index (χ3n) is 2.87. The Morgan fingerprint density at radius 2 is 1.91 bits per heavy atom. The molecule has 2 amide bonds. The summed E-state index contributed by atoms with van der Waals surface area (Å²) in [6.07, 6.45) is -0.989. The molecule has 0 bridgehead atoms.